The molecule has 0 bridgehead atoms. The molecule has 0 saturated heterocycles. The fraction of sp³-hybridized carbons (Fsp3) is 0.222. The molecule has 0 saturated carbocycles. The second kappa shape index (κ2) is 12.8. The molecule has 0 aliphatic rings. The van der Waals surface area contributed by atoms with Crippen LogP contribution in [0.25, 0.3) is 0 Å². The van der Waals surface area contributed by atoms with Crippen LogP contribution in [0.3, 0.4) is 0 Å². The molecule has 172 valence electrons. The summed E-state index contributed by atoms with van der Waals surface area (Å²) in [5.41, 5.74) is 2.02. The third kappa shape index (κ3) is 7.90. The van der Waals surface area contributed by atoms with Gasteiger partial charge >= 0.3 is 5.97 Å². The van der Waals surface area contributed by atoms with Crippen LogP contribution in [-0.4, -0.2) is 48.0 Å². The third-order valence-electron chi connectivity index (χ3n) is 4.07. The summed E-state index contributed by atoms with van der Waals surface area (Å²) in [5.74, 6) is -2.12. The number of rotatable bonds is 10. The van der Waals surface area contributed by atoms with Crippen LogP contribution in [-0.2, 0) is 19.1 Å². The number of nitrogens with one attached hydrogen (secondary N) is 2. The summed E-state index contributed by atoms with van der Waals surface area (Å²) in [7, 11) is -4.35. The number of amides is 1. The molecule has 0 aliphatic carbocycles. The van der Waals surface area contributed by atoms with E-state index in [0.717, 1.165) is 24.3 Å². The van der Waals surface area contributed by atoms with Gasteiger partial charge in [0.25, 0.3) is 16.0 Å². The maximum atomic E-state index is 12.4. The molecule has 2 aromatic carbocycles. The van der Waals surface area contributed by atoms with Crippen molar-refractivity contribution in [2.24, 2.45) is 0 Å². The molecule has 1 amide bonds. The zero-order valence-electron chi connectivity index (χ0n) is 16.1. The fourth-order valence-electron chi connectivity index (χ4n) is 2.43. The number of carbonyl (C=O) groups is 2. The minimum Gasteiger partial charge on any atom is -0.761 e. The minimum absolute atomic E-state index is 0. The molecule has 0 fully saturated rings. The monoisotopic (exact) mass is 729 g/mol. The maximum absolute atomic E-state index is 12.4. The quantitative estimate of drug-likeness (QED) is 0.163. The Morgan fingerprint density at radius 1 is 1.06 bits per heavy atom. The normalized spacial score (nSPS) is 13.0. The second-order valence-corrected chi connectivity index (χ2v) is 8.86. The maximum Gasteiger partial charge on any atom is 0.335 e. The van der Waals surface area contributed by atoms with Crippen LogP contribution >= 0.6 is 23.2 Å². The number of aromatic carboxylic acids is 1. The van der Waals surface area contributed by atoms with E-state index in [-0.39, 0.29) is 52.8 Å². The van der Waals surface area contributed by atoms with E-state index in [1.165, 1.54) is 24.3 Å². The molecule has 0 spiro atoms. The van der Waals surface area contributed by atoms with Crippen molar-refractivity contribution < 1.29 is 63.5 Å². The van der Waals surface area contributed by atoms with Crippen LogP contribution in [0.15, 0.2) is 53.4 Å². The van der Waals surface area contributed by atoms with Gasteiger partial charge in [-0.15, -0.1) is 0 Å². The van der Waals surface area contributed by atoms with Gasteiger partial charge in [-0.05, 0) is 42.0 Å². The van der Waals surface area contributed by atoms with Gasteiger partial charge in [0.15, 0.2) is 4.84 Å². The molecule has 0 radical (unpaired) electrons. The average molecular weight is 730 g/mol. The number of hydrogen-bond donors (Lipinski definition) is 4. The number of carboxylic acid groups (broad SMARTS) is 1. The number of anilines is 1. The number of aliphatic hydroxyl groups excluding tert-OH is 1. The molecule has 2 aromatic rings. The number of halogens is 2. The summed E-state index contributed by atoms with van der Waals surface area (Å²) in [5, 5.41) is 32.4. The van der Waals surface area contributed by atoms with Gasteiger partial charge in [-0.25, -0.2) is 4.79 Å². The number of carbonyl (C=O) groups excluding carboxylic acids is 1. The molecular formula is C18H17Cl2N2O8SU-. The third-order valence-corrected chi connectivity index (χ3v) is 5.76. The Morgan fingerprint density at radius 2 is 1.62 bits per heavy atom. The van der Waals surface area contributed by atoms with E-state index in [1.807, 2.05) is 0 Å². The number of alkyl halides is 2. The Hall–Kier alpha value is -1.36. The van der Waals surface area contributed by atoms with Crippen molar-refractivity contribution in [3.63, 3.8) is 0 Å². The van der Waals surface area contributed by atoms with Gasteiger partial charge in [-0.1, -0.05) is 35.3 Å². The molecule has 14 heteroatoms. The Balaban J connectivity index is 0.00000512. The van der Waals surface area contributed by atoms with Crippen molar-refractivity contribution >= 4 is 50.9 Å². The van der Waals surface area contributed by atoms with Gasteiger partial charge in [0.05, 0.1) is 23.1 Å². The molecule has 2 unspecified atom stereocenters. The van der Waals surface area contributed by atoms with Crippen molar-refractivity contribution in [1.82, 2.24) is 5.32 Å². The van der Waals surface area contributed by atoms with Crippen molar-refractivity contribution in [1.29, 1.82) is 0 Å². The first-order valence-corrected chi connectivity index (χ1v) is 10.8. The van der Waals surface area contributed by atoms with E-state index in [2.05, 4.69) is 5.32 Å². The largest absolute Gasteiger partial charge is 0.761 e. The summed E-state index contributed by atoms with van der Waals surface area (Å²) in [6, 6.07) is 8.51. The topological polar surface area (TPSA) is 165 Å². The fourth-order valence-corrected chi connectivity index (χ4v) is 3.49. The van der Waals surface area contributed by atoms with E-state index in [9.17, 15) is 28.3 Å². The molecule has 2 atom stereocenters. The molecule has 32 heavy (non-hydrogen) atoms. The Morgan fingerprint density at radius 3 is 2.09 bits per heavy atom. The summed E-state index contributed by atoms with van der Waals surface area (Å²) in [4.78, 5) is 21.0. The number of hydrogen-bond acceptors (Lipinski definition) is 8. The van der Waals surface area contributed by atoms with Gasteiger partial charge in [-0.2, -0.15) is 8.42 Å². The van der Waals surface area contributed by atoms with Crippen molar-refractivity contribution in [2.75, 3.05) is 12.1 Å². The first-order valence-electron chi connectivity index (χ1n) is 8.52. The summed E-state index contributed by atoms with van der Waals surface area (Å²) >= 11 is 11.0. The summed E-state index contributed by atoms with van der Waals surface area (Å²) in [6.07, 6.45) is -1.44. The predicted molar refractivity (Wildman–Crippen MR) is 112 cm³/mol. The van der Waals surface area contributed by atoms with Crippen LogP contribution in [0, 0.1) is 36.3 Å². The Kier molecular flexibility index (Phi) is 11.4. The van der Waals surface area contributed by atoms with Gasteiger partial charge in [0, 0.05) is 36.8 Å². The molecule has 0 aliphatic heterocycles. The van der Waals surface area contributed by atoms with Gasteiger partial charge in [0.1, 0.15) is 6.10 Å². The van der Waals surface area contributed by atoms with Crippen molar-refractivity contribution in [3.8, 4) is 0 Å². The van der Waals surface area contributed by atoms with E-state index in [0.29, 0.717) is 0 Å². The molecular weight excluding hydrogens is 713 g/mol. The smallest absolute Gasteiger partial charge is 0.335 e. The van der Waals surface area contributed by atoms with Gasteiger partial charge < -0.3 is 26.2 Å². The number of carboxylic acids is 1. The first-order chi connectivity index (χ1) is 14.5. The predicted octanol–water partition coefficient (Wildman–Crippen LogP) is 2.02. The zero-order chi connectivity index (χ0) is 23.2. The van der Waals surface area contributed by atoms with Gasteiger partial charge in [0.2, 0.25) is 0 Å². The standard InChI is InChI=1S/C18H17Cl2N2O8S.U/c19-16(20)17(24)21-14(15(23)10-1-5-12(22-27)6-2-10)9-30-31(28,29)13-7-3-11(4-8-13)18(25)26;/h1-8,14-16,22-23H,9H2,(H,21,24)(H,25,26);/q-1;. The van der Waals surface area contributed by atoms with E-state index in [4.69, 9.17) is 32.5 Å². The molecule has 2 rings (SSSR count). The van der Waals surface area contributed by atoms with E-state index in [1.54, 1.807) is 5.48 Å². The van der Waals surface area contributed by atoms with Crippen molar-refractivity contribution in [2.45, 2.75) is 21.9 Å². The van der Waals surface area contributed by atoms with Crippen LogP contribution in [0.1, 0.15) is 22.0 Å². The van der Waals surface area contributed by atoms with E-state index < -0.39 is 45.6 Å². The molecule has 0 heterocycles. The Labute approximate surface area is 217 Å². The van der Waals surface area contributed by atoms with Crippen LogP contribution in [0.2, 0.25) is 0 Å². The van der Waals surface area contributed by atoms with Crippen LogP contribution in [0.5, 0.6) is 0 Å². The second-order valence-electron chi connectivity index (χ2n) is 6.15. The van der Waals surface area contributed by atoms with Gasteiger partial charge in [-0.3, -0.25) is 8.98 Å². The Bertz CT molecular complexity index is 1020. The number of aliphatic hydroxyl groups is 1. The molecule has 0 aromatic heterocycles. The molecule has 10 nitrogen and oxygen atoms in total. The SMILES string of the molecule is O=C(O)c1ccc(S(=O)(=O)OCC(NC(=O)C(Cl)Cl)C(O)c2ccc(N[O-])cc2)cc1.[U]. The summed E-state index contributed by atoms with van der Waals surface area (Å²) < 4.78 is 29.8. The molecule has 4 N–H and O–H groups in total. The minimum atomic E-state index is -4.35. The summed E-state index contributed by atoms with van der Waals surface area (Å²) in [6.45, 7) is -0.696. The first kappa shape index (κ1) is 28.7. The van der Waals surface area contributed by atoms with Crippen LogP contribution in [0.4, 0.5) is 5.69 Å². The number of benzene rings is 2. The zero-order valence-corrected chi connectivity index (χ0v) is 22.6. The van der Waals surface area contributed by atoms with Crippen molar-refractivity contribution in [3.05, 3.63) is 64.9 Å². The average Bonchev–Trinajstić information content (AvgIpc) is 2.76. The van der Waals surface area contributed by atoms with Crippen LogP contribution < -0.4 is 10.8 Å². The van der Waals surface area contributed by atoms with E-state index >= 15 is 0 Å².